The summed E-state index contributed by atoms with van der Waals surface area (Å²) in [6.07, 6.45) is 2.82. The predicted molar refractivity (Wildman–Crippen MR) is 89.8 cm³/mol. The molecule has 2 rings (SSSR count). The SMILES string of the molecule is CC(=O)NCC1CCCN(c2ccc(S(C)(=O)=O)cc2[N+](=O)[O-])C1. The van der Waals surface area contributed by atoms with Gasteiger partial charge in [-0.25, -0.2) is 8.42 Å². The molecular weight excluding hydrogens is 334 g/mol. The standard InChI is InChI=1S/C15H21N3O5S/c1-11(19)16-9-12-4-3-7-17(10-12)14-6-5-13(24(2,22)23)8-15(14)18(20)21/h5-6,8,12H,3-4,7,9-10H2,1-2H3,(H,16,19). The first-order chi connectivity index (χ1) is 11.2. The fourth-order valence-electron chi connectivity index (χ4n) is 2.89. The third-order valence-electron chi connectivity index (χ3n) is 4.07. The van der Waals surface area contributed by atoms with Gasteiger partial charge in [0, 0.05) is 38.9 Å². The van der Waals surface area contributed by atoms with Crippen LogP contribution >= 0.6 is 0 Å². The van der Waals surface area contributed by atoms with Crippen LogP contribution in [0.4, 0.5) is 11.4 Å². The zero-order chi connectivity index (χ0) is 17.9. The van der Waals surface area contributed by atoms with E-state index in [4.69, 9.17) is 0 Å². The third kappa shape index (κ3) is 4.44. The van der Waals surface area contributed by atoms with E-state index in [0.717, 1.165) is 25.2 Å². The van der Waals surface area contributed by atoms with Crippen molar-refractivity contribution in [2.24, 2.45) is 5.92 Å². The molecule has 0 spiro atoms. The van der Waals surface area contributed by atoms with Gasteiger partial charge in [-0.15, -0.1) is 0 Å². The summed E-state index contributed by atoms with van der Waals surface area (Å²) < 4.78 is 23.2. The molecule has 24 heavy (non-hydrogen) atoms. The molecule has 1 atom stereocenters. The minimum atomic E-state index is -3.51. The van der Waals surface area contributed by atoms with Crippen LogP contribution in [-0.4, -0.2) is 45.1 Å². The molecule has 1 N–H and O–H groups in total. The summed E-state index contributed by atoms with van der Waals surface area (Å²) in [7, 11) is -3.51. The number of hydrogen-bond acceptors (Lipinski definition) is 6. The molecular formula is C15H21N3O5S. The van der Waals surface area contributed by atoms with Crippen molar-refractivity contribution in [2.45, 2.75) is 24.7 Å². The van der Waals surface area contributed by atoms with Gasteiger partial charge in [-0.3, -0.25) is 14.9 Å². The quantitative estimate of drug-likeness (QED) is 0.631. The van der Waals surface area contributed by atoms with Crippen molar-refractivity contribution >= 4 is 27.1 Å². The highest BCUT2D eigenvalue weighted by molar-refractivity contribution is 7.90. The van der Waals surface area contributed by atoms with E-state index in [1.54, 1.807) is 0 Å². The molecule has 8 nitrogen and oxygen atoms in total. The Balaban J connectivity index is 2.27. The zero-order valence-corrected chi connectivity index (χ0v) is 14.5. The summed E-state index contributed by atoms with van der Waals surface area (Å²) in [6, 6.07) is 4.01. The molecule has 0 saturated carbocycles. The summed E-state index contributed by atoms with van der Waals surface area (Å²) in [4.78, 5) is 23.7. The number of carbonyl (C=O) groups is 1. The van der Waals surface area contributed by atoms with Crippen molar-refractivity contribution in [2.75, 3.05) is 30.8 Å². The van der Waals surface area contributed by atoms with Crippen molar-refractivity contribution in [3.8, 4) is 0 Å². The van der Waals surface area contributed by atoms with Crippen LogP contribution in [0, 0.1) is 16.0 Å². The fourth-order valence-corrected chi connectivity index (χ4v) is 3.53. The molecule has 0 aliphatic carbocycles. The number of hydrogen-bond donors (Lipinski definition) is 1. The van der Waals surface area contributed by atoms with Gasteiger partial charge >= 0.3 is 0 Å². The number of nitro benzene ring substituents is 1. The number of nitrogens with one attached hydrogen (secondary N) is 1. The van der Waals surface area contributed by atoms with Crippen molar-refractivity contribution in [1.29, 1.82) is 0 Å². The normalized spacial score (nSPS) is 18.2. The Morgan fingerprint density at radius 1 is 1.46 bits per heavy atom. The van der Waals surface area contributed by atoms with Crippen LogP contribution in [0.2, 0.25) is 0 Å². The maximum absolute atomic E-state index is 11.6. The van der Waals surface area contributed by atoms with Gasteiger partial charge in [0.25, 0.3) is 5.69 Å². The van der Waals surface area contributed by atoms with Gasteiger partial charge in [-0.1, -0.05) is 0 Å². The number of nitrogens with zero attached hydrogens (tertiary/aromatic N) is 2. The van der Waals surface area contributed by atoms with Gasteiger partial charge in [-0.05, 0) is 30.9 Å². The molecule has 1 aromatic carbocycles. The third-order valence-corrected chi connectivity index (χ3v) is 5.18. The summed E-state index contributed by atoms with van der Waals surface area (Å²) in [5.74, 6) is 0.104. The number of piperidine rings is 1. The molecule has 1 amide bonds. The van der Waals surface area contributed by atoms with E-state index in [1.807, 2.05) is 4.90 Å². The molecule has 1 aliphatic heterocycles. The van der Waals surface area contributed by atoms with Gasteiger partial charge in [0.2, 0.25) is 5.91 Å². The minimum Gasteiger partial charge on any atom is -0.366 e. The molecule has 9 heteroatoms. The van der Waals surface area contributed by atoms with Gasteiger partial charge in [0.15, 0.2) is 9.84 Å². The predicted octanol–water partition coefficient (Wildman–Crippen LogP) is 1.35. The number of amides is 1. The maximum atomic E-state index is 11.6. The Morgan fingerprint density at radius 3 is 2.75 bits per heavy atom. The highest BCUT2D eigenvalue weighted by atomic mass is 32.2. The molecule has 1 aliphatic rings. The molecule has 0 bridgehead atoms. The maximum Gasteiger partial charge on any atom is 0.293 e. The summed E-state index contributed by atoms with van der Waals surface area (Å²) in [5, 5.41) is 14.1. The first-order valence-electron chi connectivity index (χ1n) is 7.66. The summed E-state index contributed by atoms with van der Waals surface area (Å²) in [5.41, 5.74) is 0.207. The number of sulfone groups is 1. The summed E-state index contributed by atoms with van der Waals surface area (Å²) >= 11 is 0. The number of benzene rings is 1. The Hall–Kier alpha value is -2.16. The highest BCUT2D eigenvalue weighted by Crippen LogP contribution is 2.33. The largest absolute Gasteiger partial charge is 0.366 e. The smallest absolute Gasteiger partial charge is 0.293 e. The van der Waals surface area contributed by atoms with Gasteiger partial charge in [0.05, 0.1) is 9.82 Å². The van der Waals surface area contributed by atoms with E-state index < -0.39 is 14.8 Å². The molecule has 1 saturated heterocycles. The highest BCUT2D eigenvalue weighted by Gasteiger charge is 2.27. The Labute approximate surface area is 140 Å². The lowest BCUT2D eigenvalue weighted by atomic mass is 9.97. The van der Waals surface area contributed by atoms with Crippen LogP contribution in [-0.2, 0) is 14.6 Å². The van der Waals surface area contributed by atoms with Crippen LogP contribution in [0.1, 0.15) is 19.8 Å². The molecule has 132 valence electrons. The van der Waals surface area contributed by atoms with Crippen LogP contribution in [0.15, 0.2) is 23.1 Å². The first-order valence-corrected chi connectivity index (χ1v) is 9.55. The van der Waals surface area contributed by atoms with Gasteiger partial charge in [-0.2, -0.15) is 0 Å². The monoisotopic (exact) mass is 355 g/mol. The van der Waals surface area contributed by atoms with Crippen LogP contribution in [0.25, 0.3) is 0 Å². The fraction of sp³-hybridized carbons (Fsp3) is 0.533. The molecule has 1 aromatic rings. The molecule has 1 unspecified atom stereocenters. The topological polar surface area (TPSA) is 110 Å². The average molecular weight is 355 g/mol. The van der Waals surface area contributed by atoms with Gasteiger partial charge in [0.1, 0.15) is 5.69 Å². The van der Waals surface area contributed by atoms with E-state index in [0.29, 0.717) is 25.3 Å². The molecule has 0 radical (unpaired) electrons. The number of rotatable bonds is 5. The molecule has 0 aromatic heterocycles. The lowest BCUT2D eigenvalue weighted by Crippen LogP contribution is -2.40. The number of carbonyl (C=O) groups excluding carboxylic acids is 1. The Bertz CT molecular complexity index is 747. The van der Waals surface area contributed by atoms with Crippen molar-refractivity contribution in [3.63, 3.8) is 0 Å². The molecule has 1 heterocycles. The molecule has 1 fully saturated rings. The minimum absolute atomic E-state index is 0.0650. The lowest BCUT2D eigenvalue weighted by Gasteiger charge is -2.34. The van der Waals surface area contributed by atoms with E-state index in [2.05, 4.69) is 5.32 Å². The second kappa shape index (κ2) is 7.16. The van der Waals surface area contributed by atoms with E-state index in [-0.39, 0.29) is 22.4 Å². The lowest BCUT2D eigenvalue weighted by molar-refractivity contribution is -0.384. The summed E-state index contributed by atoms with van der Waals surface area (Å²) in [6.45, 7) is 3.23. The van der Waals surface area contributed by atoms with Crippen LogP contribution in [0.3, 0.4) is 0 Å². The van der Waals surface area contributed by atoms with Crippen molar-refractivity contribution < 1.29 is 18.1 Å². The van der Waals surface area contributed by atoms with Crippen molar-refractivity contribution in [3.05, 3.63) is 28.3 Å². The van der Waals surface area contributed by atoms with E-state index in [9.17, 15) is 23.3 Å². The van der Waals surface area contributed by atoms with Crippen LogP contribution < -0.4 is 10.2 Å². The first kappa shape index (κ1) is 18.2. The van der Waals surface area contributed by atoms with Crippen molar-refractivity contribution in [1.82, 2.24) is 5.32 Å². The van der Waals surface area contributed by atoms with E-state index in [1.165, 1.54) is 19.1 Å². The number of anilines is 1. The average Bonchev–Trinajstić information content (AvgIpc) is 2.51. The Morgan fingerprint density at radius 2 is 2.17 bits per heavy atom. The second-order valence-electron chi connectivity index (χ2n) is 6.07. The van der Waals surface area contributed by atoms with Gasteiger partial charge < -0.3 is 10.2 Å². The Kier molecular flexibility index (Phi) is 5.43. The zero-order valence-electron chi connectivity index (χ0n) is 13.7. The second-order valence-corrected chi connectivity index (χ2v) is 8.09. The van der Waals surface area contributed by atoms with Crippen LogP contribution in [0.5, 0.6) is 0 Å². The number of nitro groups is 1. The van der Waals surface area contributed by atoms with E-state index >= 15 is 0 Å².